The van der Waals surface area contributed by atoms with E-state index in [1.165, 1.54) is 0 Å². The maximum absolute atomic E-state index is 11.4. The zero-order valence-corrected chi connectivity index (χ0v) is 8.67. The van der Waals surface area contributed by atoms with Crippen molar-refractivity contribution >= 4 is 17.9 Å². The van der Waals surface area contributed by atoms with E-state index in [9.17, 15) is 19.7 Å². The molecule has 0 aromatic heterocycles. The molecule has 0 radical (unpaired) electrons. The second-order valence-corrected chi connectivity index (χ2v) is 2.90. The minimum Gasteiger partial charge on any atom is -0.465 e. The van der Waals surface area contributed by atoms with Gasteiger partial charge in [0.15, 0.2) is 11.8 Å². The van der Waals surface area contributed by atoms with Gasteiger partial charge in [0.05, 0.1) is 17.6 Å². The average Bonchev–Trinajstić information content (AvgIpc) is 2.35. The molecular weight excluding hydrogens is 228 g/mol. The number of nitriles is 1. The molecule has 0 aliphatic heterocycles. The maximum Gasteiger partial charge on any atom is 0.346 e. The van der Waals surface area contributed by atoms with Gasteiger partial charge in [0, 0.05) is 11.6 Å². The van der Waals surface area contributed by atoms with E-state index < -0.39 is 22.1 Å². The summed E-state index contributed by atoms with van der Waals surface area (Å²) in [7, 11) is 1.03. The number of esters is 1. The molecular formula is C10H6N2O5. The van der Waals surface area contributed by atoms with Crippen molar-refractivity contribution in [1.29, 1.82) is 5.26 Å². The summed E-state index contributed by atoms with van der Waals surface area (Å²) in [6.45, 7) is 0. The Morgan fingerprint density at radius 2 is 2.24 bits per heavy atom. The van der Waals surface area contributed by atoms with Gasteiger partial charge in [-0.2, -0.15) is 5.26 Å². The summed E-state index contributed by atoms with van der Waals surface area (Å²) in [6.07, 6.45) is 0.342. The van der Waals surface area contributed by atoms with Crippen LogP contribution < -0.4 is 0 Å². The number of aldehydes is 1. The van der Waals surface area contributed by atoms with E-state index in [0.29, 0.717) is 6.29 Å². The normalized spacial score (nSPS) is 9.18. The van der Waals surface area contributed by atoms with Crippen LogP contribution in [0, 0.1) is 21.4 Å². The van der Waals surface area contributed by atoms with Crippen LogP contribution in [-0.4, -0.2) is 24.3 Å². The molecule has 1 aromatic rings. The summed E-state index contributed by atoms with van der Waals surface area (Å²) in [5, 5.41) is 19.6. The molecule has 0 bridgehead atoms. The van der Waals surface area contributed by atoms with E-state index >= 15 is 0 Å². The van der Waals surface area contributed by atoms with Gasteiger partial charge < -0.3 is 4.74 Å². The number of nitro benzene ring substituents is 1. The lowest BCUT2D eigenvalue weighted by Gasteiger charge is -2.04. The predicted molar refractivity (Wildman–Crippen MR) is 54.5 cm³/mol. The van der Waals surface area contributed by atoms with Crippen LogP contribution in [0.5, 0.6) is 0 Å². The smallest absolute Gasteiger partial charge is 0.346 e. The molecule has 0 aliphatic carbocycles. The quantitative estimate of drug-likeness (QED) is 0.334. The van der Waals surface area contributed by atoms with Crippen LogP contribution in [0.3, 0.4) is 0 Å². The van der Waals surface area contributed by atoms with Crippen LogP contribution >= 0.6 is 0 Å². The molecule has 0 amide bonds. The molecule has 1 aromatic carbocycles. The van der Waals surface area contributed by atoms with E-state index in [4.69, 9.17) is 5.26 Å². The fourth-order valence-electron chi connectivity index (χ4n) is 1.29. The lowest BCUT2D eigenvalue weighted by Crippen LogP contribution is -2.10. The number of methoxy groups -OCH3 is 1. The Morgan fingerprint density at radius 1 is 1.59 bits per heavy atom. The van der Waals surface area contributed by atoms with Gasteiger partial charge in [-0.25, -0.2) is 4.79 Å². The highest BCUT2D eigenvalue weighted by atomic mass is 16.6. The summed E-state index contributed by atoms with van der Waals surface area (Å²) in [6, 6.07) is 3.68. The van der Waals surface area contributed by atoms with Gasteiger partial charge in [-0.3, -0.25) is 14.9 Å². The van der Waals surface area contributed by atoms with Crippen molar-refractivity contribution in [1.82, 2.24) is 0 Å². The maximum atomic E-state index is 11.4. The van der Waals surface area contributed by atoms with E-state index in [1.807, 2.05) is 0 Å². The summed E-state index contributed by atoms with van der Waals surface area (Å²) < 4.78 is 4.36. The van der Waals surface area contributed by atoms with Gasteiger partial charge in [0.2, 0.25) is 0 Å². The van der Waals surface area contributed by atoms with Gasteiger partial charge in [0.1, 0.15) is 6.07 Å². The van der Waals surface area contributed by atoms with Crippen molar-refractivity contribution < 1.29 is 19.2 Å². The monoisotopic (exact) mass is 234 g/mol. The molecule has 17 heavy (non-hydrogen) atoms. The van der Waals surface area contributed by atoms with Gasteiger partial charge >= 0.3 is 5.97 Å². The first-order valence-electron chi connectivity index (χ1n) is 4.31. The molecule has 86 valence electrons. The Morgan fingerprint density at radius 3 is 2.65 bits per heavy atom. The average molecular weight is 234 g/mol. The van der Waals surface area contributed by atoms with Crippen LogP contribution in [0.2, 0.25) is 0 Å². The van der Waals surface area contributed by atoms with Crippen LogP contribution in [0.4, 0.5) is 5.69 Å². The highest BCUT2D eigenvalue weighted by Gasteiger charge is 2.27. The number of nitro groups is 1. The molecule has 0 heterocycles. The molecule has 0 aliphatic rings. The molecule has 0 N–H and O–H groups in total. The summed E-state index contributed by atoms with van der Waals surface area (Å²) in [4.78, 5) is 31.9. The minimum absolute atomic E-state index is 0.0986. The fourth-order valence-corrected chi connectivity index (χ4v) is 1.29. The molecule has 0 atom stereocenters. The molecule has 7 heteroatoms. The van der Waals surface area contributed by atoms with Gasteiger partial charge in [-0.1, -0.05) is 0 Å². The number of carbonyl (C=O) groups is 2. The Labute approximate surface area is 95.4 Å². The molecule has 0 spiro atoms. The number of nitrogens with zero attached hydrogens (tertiary/aromatic N) is 2. The molecule has 0 saturated heterocycles. The highest BCUT2D eigenvalue weighted by molar-refractivity contribution is 5.99. The number of benzene rings is 1. The van der Waals surface area contributed by atoms with Crippen molar-refractivity contribution in [2.24, 2.45) is 0 Å². The van der Waals surface area contributed by atoms with Crippen molar-refractivity contribution in [3.63, 3.8) is 0 Å². The van der Waals surface area contributed by atoms with E-state index in [0.717, 1.165) is 19.2 Å². The number of rotatable bonds is 3. The molecule has 0 unspecified atom stereocenters. The first kappa shape index (κ1) is 12.3. The van der Waals surface area contributed by atoms with Crippen LogP contribution in [0.1, 0.15) is 26.3 Å². The number of hydrogen-bond acceptors (Lipinski definition) is 6. The summed E-state index contributed by atoms with van der Waals surface area (Å²) in [5.74, 6) is -1.03. The largest absolute Gasteiger partial charge is 0.465 e. The van der Waals surface area contributed by atoms with Crippen molar-refractivity contribution in [3.8, 4) is 6.07 Å². The SMILES string of the molecule is COC(=O)c1c([N+](=O)[O-])ccc(C=O)c1C#N. The van der Waals surface area contributed by atoms with E-state index in [1.54, 1.807) is 6.07 Å². The summed E-state index contributed by atoms with van der Waals surface area (Å²) >= 11 is 0. The second kappa shape index (κ2) is 4.85. The second-order valence-electron chi connectivity index (χ2n) is 2.90. The molecule has 0 saturated carbocycles. The lowest BCUT2D eigenvalue weighted by atomic mass is 10.0. The molecule has 0 fully saturated rings. The topological polar surface area (TPSA) is 110 Å². The predicted octanol–water partition coefficient (Wildman–Crippen LogP) is 1.07. The Balaban J connectivity index is 3.69. The molecule has 1 rings (SSSR count). The minimum atomic E-state index is -1.03. The zero-order valence-electron chi connectivity index (χ0n) is 8.67. The Bertz CT molecular complexity index is 544. The third-order valence-corrected chi connectivity index (χ3v) is 2.04. The first-order valence-corrected chi connectivity index (χ1v) is 4.31. The third-order valence-electron chi connectivity index (χ3n) is 2.04. The standard InChI is InChI=1S/C10H6N2O5/c1-17-10(14)9-7(4-11)6(5-13)2-3-8(9)12(15)16/h2-3,5H,1H3. The van der Waals surface area contributed by atoms with Crippen LogP contribution in [-0.2, 0) is 4.74 Å². The zero-order chi connectivity index (χ0) is 13.0. The Kier molecular flexibility index (Phi) is 3.51. The fraction of sp³-hybridized carbons (Fsp3) is 0.100. The highest BCUT2D eigenvalue weighted by Crippen LogP contribution is 2.25. The van der Waals surface area contributed by atoms with Gasteiger partial charge in [-0.15, -0.1) is 0 Å². The van der Waals surface area contributed by atoms with Crippen molar-refractivity contribution in [3.05, 3.63) is 38.9 Å². The Hall–Kier alpha value is -2.75. The van der Waals surface area contributed by atoms with E-state index in [-0.39, 0.29) is 11.1 Å². The van der Waals surface area contributed by atoms with Crippen LogP contribution in [0.15, 0.2) is 12.1 Å². The van der Waals surface area contributed by atoms with Crippen molar-refractivity contribution in [2.45, 2.75) is 0 Å². The number of ether oxygens (including phenoxy) is 1. The summed E-state index contributed by atoms with van der Waals surface area (Å²) in [5.41, 5.74) is -1.54. The molecule has 7 nitrogen and oxygen atoms in total. The van der Waals surface area contributed by atoms with Crippen molar-refractivity contribution in [2.75, 3.05) is 7.11 Å². The lowest BCUT2D eigenvalue weighted by molar-refractivity contribution is -0.385. The van der Waals surface area contributed by atoms with Crippen LogP contribution in [0.25, 0.3) is 0 Å². The van der Waals surface area contributed by atoms with Gasteiger partial charge in [-0.05, 0) is 6.07 Å². The van der Waals surface area contributed by atoms with E-state index in [2.05, 4.69) is 4.74 Å². The third kappa shape index (κ3) is 2.10. The number of hydrogen-bond donors (Lipinski definition) is 0. The van der Waals surface area contributed by atoms with Gasteiger partial charge in [0.25, 0.3) is 5.69 Å². The number of carbonyl (C=O) groups excluding carboxylic acids is 2. The first-order chi connectivity index (χ1) is 8.06.